The van der Waals surface area contributed by atoms with Crippen LogP contribution in [0.1, 0.15) is 11.1 Å². The monoisotopic (exact) mass is 304 g/mol. The second kappa shape index (κ2) is 6.83. The molecule has 0 saturated carbocycles. The normalized spacial score (nSPS) is 13.1. The molecule has 0 saturated heterocycles. The van der Waals surface area contributed by atoms with Crippen LogP contribution in [0.2, 0.25) is 0 Å². The van der Waals surface area contributed by atoms with E-state index in [1.54, 1.807) is 0 Å². The van der Waals surface area contributed by atoms with Gasteiger partial charge in [0.05, 0.1) is 16.3 Å². The quantitative estimate of drug-likeness (QED) is 0.523. The van der Waals surface area contributed by atoms with Crippen LogP contribution in [0.3, 0.4) is 0 Å². The summed E-state index contributed by atoms with van der Waals surface area (Å²) < 4.78 is 0. The molecule has 22 heavy (non-hydrogen) atoms. The number of fused-ring (bicyclic) bond motifs is 1. The molecule has 0 spiro atoms. The molecule has 1 amide bonds. The molecule has 0 aromatic heterocycles. The van der Waals surface area contributed by atoms with Gasteiger partial charge in [-0.2, -0.15) is 0 Å². The summed E-state index contributed by atoms with van der Waals surface area (Å²) in [7, 11) is 0. The number of nitro groups is 1. The zero-order chi connectivity index (χ0) is 14.8. The number of anilines is 1. The van der Waals surface area contributed by atoms with Gasteiger partial charge in [-0.3, -0.25) is 19.9 Å². The van der Waals surface area contributed by atoms with Gasteiger partial charge >= 0.3 is 0 Å². The van der Waals surface area contributed by atoms with Gasteiger partial charge in [-0.1, -0.05) is 30.3 Å². The van der Waals surface area contributed by atoms with Crippen LogP contribution >= 0.6 is 0 Å². The van der Waals surface area contributed by atoms with Gasteiger partial charge in [0.1, 0.15) is 6.54 Å². The number of aliphatic imine (C=N–C) groups is 1. The van der Waals surface area contributed by atoms with E-state index in [4.69, 9.17) is 0 Å². The van der Waals surface area contributed by atoms with Gasteiger partial charge in [-0.15, -0.1) is 0 Å². The molecule has 105 valence electrons. The average Bonchev–Trinajstić information content (AvgIpc) is 2.65. The molecular weight excluding hydrogens is 293 g/mol. The number of amides is 1. The first kappa shape index (κ1) is 16.4. The molecular formula is C15H11N3NaO3. The van der Waals surface area contributed by atoms with E-state index < -0.39 is 4.92 Å². The minimum absolute atomic E-state index is 0. The topological polar surface area (TPSA) is 84.6 Å². The van der Waals surface area contributed by atoms with Crippen LogP contribution < -0.4 is 5.32 Å². The zero-order valence-corrected chi connectivity index (χ0v) is 13.9. The number of hydrogen-bond donors (Lipinski definition) is 1. The van der Waals surface area contributed by atoms with Crippen LogP contribution in [0.25, 0.3) is 0 Å². The maximum Gasteiger partial charge on any atom is 0.270 e. The number of carbonyl (C=O) groups excluding carboxylic acids is 1. The Morgan fingerprint density at radius 1 is 1.14 bits per heavy atom. The Morgan fingerprint density at radius 3 is 2.55 bits per heavy atom. The molecule has 0 aliphatic carbocycles. The summed E-state index contributed by atoms with van der Waals surface area (Å²) in [6.45, 7) is -0.00724. The molecule has 3 rings (SSSR count). The first-order valence-electron chi connectivity index (χ1n) is 6.33. The number of nitro benzene ring substituents is 1. The smallest absolute Gasteiger partial charge is 0.270 e. The van der Waals surface area contributed by atoms with Gasteiger partial charge < -0.3 is 5.32 Å². The molecule has 1 N–H and O–H groups in total. The molecule has 0 atom stereocenters. The molecule has 1 aliphatic heterocycles. The van der Waals surface area contributed by atoms with Crippen molar-refractivity contribution in [2.45, 2.75) is 0 Å². The summed E-state index contributed by atoms with van der Waals surface area (Å²) in [4.78, 5) is 26.5. The Morgan fingerprint density at radius 2 is 1.86 bits per heavy atom. The van der Waals surface area contributed by atoms with Crippen molar-refractivity contribution in [1.82, 2.24) is 0 Å². The molecule has 0 bridgehead atoms. The minimum Gasteiger partial charge on any atom is -0.324 e. The maximum atomic E-state index is 11.7. The van der Waals surface area contributed by atoms with Crippen molar-refractivity contribution in [3.63, 3.8) is 0 Å². The van der Waals surface area contributed by atoms with E-state index in [1.807, 2.05) is 30.3 Å². The largest absolute Gasteiger partial charge is 0.324 e. The van der Waals surface area contributed by atoms with E-state index in [2.05, 4.69) is 10.3 Å². The summed E-state index contributed by atoms with van der Waals surface area (Å²) in [5.41, 5.74) is 2.45. The third-order valence-electron chi connectivity index (χ3n) is 3.17. The predicted molar refractivity (Wildman–Crippen MR) is 84.4 cm³/mol. The summed E-state index contributed by atoms with van der Waals surface area (Å²) in [6.07, 6.45) is 0. The Labute approximate surface area is 148 Å². The maximum absolute atomic E-state index is 11.7. The van der Waals surface area contributed by atoms with Gasteiger partial charge in [-0.25, -0.2) is 0 Å². The SMILES string of the molecule is O=C1CN=C(c2ccccc2)c2cc([N+](=O)[O-])ccc2N1.[Na]. The Kier molecular flexibility index (Phi) is 5.07. The number of benzene rings is 2. The number of nitrogens with one attached hydrogen (secondary N) is 1. The van der Waals surface area contributed by atoms with Gasteiger partial charge in [-0.05, 0) is 6.07 Å². The summed E-state index contributed by atoms with van der Waals surface area (Å²) >= 11 is 0. The first-order valence-corrected chi connectivity index (χ1v) is 6.33. The molecule has 6 nitrogen and oxygen atoms in total. The molecule has 0 fully saturated rings. The molecule has 2 aromatic carbocycles. The van der Waals surface area contributed by atoms with E-state index in [9.17, 15) is 14.9 Å². The van der Waals surface area contributed by atoms with Gasteiger partial charge in [0.15, 0.2) is 0 Å². The van der Waals surface area contributed by atoms with Crippen LogP contribution in [-0.4, -0.2) is 52.6 Å². The molecule has 7 heteroatoms. The first-order chi connectivity index (χ1) is 10.1. The van der Waals surface area contributed by atoms with E-state index in [-0.39, 0.29) is 47.7 Å². The zero-order valence-electron chi connectivity index (χ0n) is 11.9. The Balaban J connectivity index is 0.00000176. The average molecular weight is 304 g/mol. The minimum atomic E-state index is -0.463. The summed E-state index contributed by atoms with van der Waals surface area (Å²) in [6, 6.07) is 13.6. The molecule has 0 unspecified atom stereocenters. The fraction of sp³-hybridized carbons (Fsp3) is 0.0667. The molecule has 1 aliphatic rings. The van der Waals surface area contributed by atoms with Gasteiger partial charge in [0.25, 0.3) is 5.69 Å². The van der Waals surface area contributed by atoms with Crippen molar-refractivity contribution in [3.8, 4) is 0 Å². The van der Waals surface area contributed by atoms with E-state index in [0.717, 1.165) is 5.56 Å². The number of carbonyl (C=O) groups is 1. The van der Waals surface area contributed by atoms with E-state index in [0.29, 0.717) is 17.0 Å². The van der Waals surface area contributed by atoms with Crippen molar-refractivity contribution < 1.29 is 9.72 Å². The summed E-state index contributed by atoms with van der Waals surface area (Å²) in [5.74, 6) is -0.240. The van der Waals surface area contributed by atoms with Crippen molar-refractivity contribution in [2.75, 3.05) is 11.9 Å². The fourth-order valence-corrected chi connectivity index (χ4v) is 2.22. The third-order valence-corrected chi connectivity index (χ3v) is 3.17. The van der Waals surface area contributed by atoms with Crippen molar-refractivity contribution in [2.24, 2.45) is 4.99 Å². The molecule has 1 radical (unpaired) electrons. The van der Waals surface area contributed by atoms with Crippen LogP contribution in [0.15, 0.2) is 53.5 Å². The van der Waals surface area contributed by atoms with Crippen molar-refractivity contribution >= 4 is 52.6 Å². The van der Waals surface area contributed by atoms with Crippen LogP contribution in [0.4, 0.5) is 11.4 Å². The number of rotatable bonds is 2. The number of benzodiazepines with no additional fused rings is 1. The van der Waals surface area contributed by atoms with Crippen LogP contribution in [-0.2, 0) is 4.79 Å². The third kappa shape index (κ3) is 3.24. The summed E-state index contributed by atoms with van der Waals surface area (Å²) in [5, 5.41) is 13.7. The second-order valence-electron chi connectivity index (χ2n) is 4.57. The van der Waals surface area contributed by atoms with E-state index >= 15 is 0 Å². The number of non-ortho nitro benzene ring substituents is 1. The van der Waals surface area contributed by atoms with Crippen LogP contribution in [0.5, 0.6) is 0 Å². The molecule has 1 heterocycles. The van der Waals surface area contributed by atoms with Gasteiger partial charge in [0.2, 0.25) is 5.91 Å². The van der Waals surface area contributed by atoms with Crippen molar-refractivity contribution in [1.29, 1.82) is 0 Å². The standard InChI is InChI=1S/C15H11N3O3.Na/c19-14-9-16-15(10-4-2-1-3-5-10)12-8-11(18(20)21)6-7-13(12)17-14;/h1-8H,9H2,(H,17,19);. The second-order valence-corrected chi connectivity index (χ2v) is 4.57. The number of nitrogens with zero attached hydrogens (tertiary/aromatic N) is 2. The van der Waals surface area contributed by atoms with E-state index in [1.165, 1.54) is 18.2 Å². The molecule has 2 aromatic rings. The fourth-order valence-electron chi connectivity index (χ4n) is 2.22. The van der Waals surface area contributed by atoms with Crippen molar-refractivity contribution in [3.05, 3.63) is 69.8 Å². The number of hydrogen-bond acceptors (Lipinski definition) is 4. The Hall–Kier alpha value is -2.02. The Bertz CT molecular complexity index is 760. The van der Waals surface area contributed by atoms with Crippen LogP contribution in [0, 0.1) is 10.1 Å². The predicted octanol–water partition coefficient (Wildman–Crippen LogP) is 2.00. The van der Waals surface area contributed by atoms with Gasteiger partial charge in [0, 0.05) is 52.8 Å².